The summed E-state index contributed by atoms with van der Waals surface area (Å²) in [6, 6.07) is 17.2. The molecule has 3 aromatic carbocycles. The second-order valence-corrected chi connectivity index (χ2v) is 7.92. The molecule has 0 unspecified atom stereocenters. The molecule has 2 aromatic heterocycles. The predicted octanol–water partition coefficient (Wildman–Crippen LogP) is 4.75. The molecule has 0 spiro atoms. The first kappa shape index (κ1) is 20.8. The zero-order chi connectivity index (χ0) is 23.9. The Kier molecular flexibility index (Phi) is 4.91. The first-order valence-corrected chi connectivity index (χ1v) is 10.9. The van der Waals surface area contributed by atoms with Crippen LogP contribution >= 0.6 is 0 Å². The Labute approximate surface area is 200 Å². The van der Waals surface area contributed by atoms with Crippen molar-refractivity contribution < 1.29 is 18.9 Å². The Morgan fingerprint density at radius 3 is 2.46 bits per heavy atom. The van der Waals surface area contributed by atoms with E-state index in [9.17, 15) is 0 Å². The third-order valence-corrected chi connectivity index (χ3v) is 5.85. The summed E-state index contributed by atoms with van der Waals surface area (Å²) in [7, 11) is 5.13. The van der Waals surface area contributed by atoms with E-state index in [1.807, 2.05) is 66.2 Å². The van der Waals surface area contributed by atoms with Crippen molar-refractivity contribution in [1.29, 1.82) is 0 Å². The maximum Gasteiger partial charge on any atom is 0.232 e. The number of hydrogen-bond donors (Lipinski definition) is 2. The van der Waals surface area contributed by atoms with Crippen LogP contribution in [0.25, 0.3) is 21.9 Å². The van der Waals surface area contributed by atoms with Crippen molar-refractivity contribution in [1.82, 2.24) is 19.5 Å². The van der Waals surface area contributed by atoms with Gasteiger partial charge in [0, 0.05) is 30.3 Å². The number of nitrogens with zero attached hydrogens (tertiary/aromatic N) is 4. The van der Waals surface area contributed by atoms with Gasteiger partial charge in [-0.1, -0.05) is 12.1 Å². The number of aryl methyl sites for hydroxylation is 1. The van der Waals surface area contributed by atoms with E-state index in [0.717, 1.165) is 22.1 Å². The number of methoxy groups -OCH3 is 2. The van der Waals surface area contributed by atoms with Gasteiger partial charge in [-0.25, -0.2) is 9.97 Å². The first-order valence-electron chi connectivity index (χ1n) is 10.9. The fourth-order valence-corrected chi connectivity index (χ4v) is 4.08. The first-order chi connectivity index (χ1) is 17.1. The molecule has 176 valence electrons. The highest BCUT2D eigenvalue weighted by Crippen LogP contribution is 2.38. The number of aromatic nitrogens is 4. The minimum Gasteiger partial charge on any atom is -0.493 e. The quantitative estimate of drug-likeness (QED) is 0.364. The summed E-state index contributed by atoms with van der Waals surface area (Å²) in [5.41, 5.74) is 3.34. The zero-order valence-electron chi connectivity index (χ0n) is 19.3. The average molecular weight is 470 g/mol. The van der Waals surface area contributed by atoms with Gasteiger partial charge in [0.25, 0.3) is 0 Å². The predicted molar refractivity (Wildman–Crippen MR) is 132 cm³/mol. The summed E-state index contributed by atoms with van der Waals surface area (Å²) in [5.74, 6) is 4.11. The van der Waals surface area contributed by atoms with E-state index in [2.05, 4.69) is 15.6 Å². The van der Waals surface area contributed by atoms with Crippen LogP contribution in [0.1, 0.15) is 0 Å². The van der Waals surface area contributed by atoms with Crippen molar-refractivity contribution in [3.05, 3.63) is 54.6 Å². The third-order valence-electron chi connectivity index (χ3n) is 5.85. The molecule has 6 rings (SSSR count). The molecule has 10 nitrogen and oxygen atoms in total. The molecule has 1 aliphatic rings. The number of fused-ring (bicyclic) bond motifs is 3. The number of nitrogens with one attached hydrogen (secondary N) is 2. The Balaban J connectivity index is 1.46. The molecule has 0 amide bonds. The monoisotopic (exact) mass is 470 g/mol. The van der Waals surface area contributed by atoms with E-state index in [0.29, 0.717) is 46.2 Å². The van der Waals surface area contributed by atoms with Crippen LogP contribution in [0.5, 0.6) is 23.0 Å². The molecule has 0 saturated carbocycles. The molecule has 0 saturated heterocycles. The van der Waals surface area contributed by atoms with Gasteiger partial charge in [0.05, 0.1) is 30.8 Å². The molecule has 0 bridgehead atoms. The molecule has 10 heteroatoms. The van der Waals surface area contributed by atoms with Gasteiger partial charge in [-0.3, -0.25) is 5.32 Å². The van der Waals surface area contributed by atoms with Gasteiger partial charge in [-0.2, -0.15) is 4.98 Å². The highest BCUT2D eigenvalue weighted by molar-refractivity contribution is 5.94. The van der Waals surface area contributed by atoms with Crippen molar-refractivity contribution in [2.45, 2.75) is 0 Å². The molecule has 0 fully saturated rings. The van der Waals surface area contributed by atoms with Gasteiger partial charge < -0.3 is 28.8 Å². The standard InChI is InChI=1S/C25H22N6O4/c1-31-18-7-5-4-6-16(18)28-25(31)30-24-27-17-12-21(33-3)20(32-2)11-15(17)23(29-24)26-14-8-9-19-22(10-14)35-13-34-19/h4-12H,13H2,1-3H3,(H2,26,27,28,29,30). The Bertz CT molecular complexity index is 1580. The maximum absolute atomic E-state index is 5.52. The smallest absolute Gasteiger partial charge is 0.232 e. The lowest BCUT2D eigenvalue weighted by Crippen LogP contribution is -2.06. The van der Waals surface area contributed by atoms with Gasteiger partial charge in [-0.15, -0.1) is 0 Å². The van der Waals surface area contributed by atoms with Crippen molar-refractivity contribution in [2.75, 3.05) is 31.6 Å². The van der Waals surface area contributed by atoms with Crippen LogP contribution < -0.4 is 29.6 Å². The molecule has 35 heavy (non-hydrogen) atoms. The van der Waals surface area contributed by atoms with Crippen LogP contribution in [0.4, 0.5) is 23.4 Å². The summed E-state index contributed by atoms with van der Waals surface area (Å²) in [4.78, 5) is 14.2. The van der Waals surface area contributed by atoms with Gasteiger partial charge in [0.15, 0.2) is 23.0 Å². The molecule has 0 atom stereocenters. The van der Waals surface area contributed by atoms with E-state index in [1.165, 1.54) is 0 Å². The summed E-state index contributed by atoms with van der Waals surface area (Å²) < 4.78 is 23.9. The van der Waals surface area contributed by atoms with Crippen LogP contribution in [0, 0.1) is 0 Å². The maximum atomic E-state index is 5.52. The Hall–Kier alpha value is -4.73. The number of hydrogen-bond acceptors (Lipinski definition) is 9. The van der Waals surface area contributed by atoms with E-state index >= 15 is 0 Å². The third kappa shape index (κ3) is 3.65. The normalized spacial score (nSPS) is 12.2. The molecule has 0 aliphatic carbocycles. The van der Waals surface area contributed by atoms with Gasteiger partial charge in [0.2, 0.25) is 18.7 Å². The number of imidazole rings is 1. The second kappa shape index (κ2) is 8.24. The Morgan fingerprint density at radius 1 is 0.829 bits per heavy atom. The number of benzene rings is 3. The van der Waals surface area contributed by atoms with Crippen molar-refractivity contribution in [3.8, 4) is 23.0 Å². The zero-order valence-corrected chi connectivity index (χ0v) is 19.3. The molecule has 5 aromatic rings. The van der Waals surface area contributed by atoms with Crippen molar-refractivity contribution in [3.63, 3.8) is 0 Å². The summed E-state index contributed by atoms with van der Waals surface area (Å²) in [6.07, 6.45) is 0. The molecular weight excluding hydrogens is 448 g/mol. The number of ether oxygens (including phenoxy) is 4. The number of para-hydroxylation sites is 2. The van der Waals surface area contributed by atoms with Gasteiger partial charge >= 0.3 is 0 Å². The lowest BCUT2D eigenvalue weighted by molar-refractivity contribution is 0.174. The fourth-order valence-electron chi connectivity index (χ4n) is 4.08. The van der Waals surface area contributed by atoms with Crippen LogP contribution in [-0.2, 0) is 7.05 Å². The number of rotatable bonds is 6. The van der Waals surface area contributed by atoms with Crippen molar-refractivity contribution in [2.24, 2.45) is 7.05 Å². The van der Waals surface area contributed by atoms with Gasteiger partial charge in [-0.05, 0) is 30.3 Å². The lowest BCUT2D eigenvalue weighted by atomic mass is 10.2. The molecule has 0 radical (unpaired) electrons. The second-order valence-electron chi connectivity index (χ2n) is 7.92. The van der Waals surface area contributed by atoms with E-state index < -0.39 is 0 Å². The highest BCUT2D eigenvalue weighted by atomic mass is 16.7. The minimum atomic E-state index is 0.207. The topological polar surface area (TPSA) is 105 Å². The van der Waals surface area contributed by atoms with E-state index in [4.69, 9.17) is 28.9 Å². The summed E-state index contributed by atoms with van der Waals surface area (Å²) >= 11 is 0. The highest BCUT2D eigenvalue weighted by Gasteiger charge is 2.17. The largest absolute Gasteiger partial charge is 0.493 e. The molecular formula is C25H22N6O4. The van der Waals surface area contributed by atoms with Gasteiger partial charge in [0.1, 0.15) is 5.82 Å². The summed E-state index contributed by atoms with van der Waals surface area (Å²) in [5, 5.41) is 7.40. The SMILES string of the molecule is COc1cc2nc(Nc3nc4ccccc4n3C)nc(Nc3ccc4c(c3)OCO4)c2cc1OC. The Morgan fingerprint density at radius 2 is 1.63 bits per heavy atom. The van der Waals surface area contributed by atoms with Crippen LogP contribution in [-0.4, -0.2) is 40.5 Å². The van der Waals surface area contributed by atoms with E-state index in [-0.39, 0.29) is 6.79 Å². The molecule has 1 aliphatic heterocycles. The number of anilines is 4. The minimum absolute atomic E-state index is 0.207. The van der Waals surface area contributed by atoms with E-state index in [1.54, 1.807) is 14.2 Å². The molecule has 2 N–H and O–H groups in total. The average Bonchev–Trinajstić information content (AvgIpc) is 3.47. The summed E-state index contributed by atoms with van der Waals surface area (Å²) in [6.45, 7) is 0.207. The van der Waals surface area contributed by atoms with Crippen molar-refractivity contribution >= 4 is 45.3 Å². The fraction of sp³-hybridized carbons (Fsp3) is 0.160. The lowest BCUT2D eigenvalue weighted by Gasteiger charge is -2.14. The van der Waals surface area contributed by atoms with Crippen LogP contribution in [0.3, 0.4) is 0 Å². The molecule has 3 heterocycles. The van der Waals surface area contributed by atoms with Crippen LogP contribution in [0.15, 0.2) is 54.6 Å². The van der Waals surface area contributed by atoms with Crippen LogP contribution in [0.2, 0.25) is 0 Å².